The quantitative estimate of drug-likeness (QED) is 0.698. The normalized spacial score (nSPS) is 12.4. The second-order valence-corrected chi connectivity index (χ2v) is 5.07. The maximum absolute atomic E-state index is 11.7. The Kier molecular flexibility index (Phi) is 6.56. The topological polar surface area (TPSA) is 72.9 Å². The number of nitrogens with two attached hydrogens (primary N) is 1. The van der Waals surface area contributed by atoms with Crippen molar-refractivity contribution in [2.45, 2.75) is 46.6 Å². The van der Waals surface area contributed by atoms with Gasteiger partial charge in [0.15, 0.2) is 0 Å². The predicted molar refractivity (Wildman–Crippen MR) is 76.8 cm³/mol. The largest absolute Gasteiger partial charge is 0.356 e. The number of carbonyl (C=O) groups is 1. The Labute approximate surface area is 115 Å². The van der Waals surface area contributed by atoms with E-state index in [2.05, 4.69) is 23.4 Å². The number of nitrogens with zero attached hydrogens (tertiary/aromatic N) is 2. The average Bonchev–Trinajstić information content (AvgIpc) is 2.70. The van der Waals surface area contributed by atoms with Crippen LogP contribution in [0.3, 0.4) is 0 Å². The molecule has 5 nitrogen and oxygen atoms in total. The van der Waals surface area contributed by atoms with Crippen molar-refractivity contribution in [3.8, 4) is 0 Å². The Morgan fingerprint density at radius 1 is 1.53 bits per heavy atom. The minimum atomic E-state index is 0.102. The van der Waals surface area contributed by atoms with Crippen molar-refractivity contribution in [3.05, 3.63) is 17.5 Å². The van der Waals surface area contributed by atoms with E-state index in [1.165, 1.54) is 0 Å². The van der Waals surface area contributed by atoms with Gasteiger partial charge in [-0.1, -0.05) is 13.3 Å². The number of amides is 1. The fraction of sp³-hybridized carbons (Fsp3) is 0.714. The molecule has 1 atom stereocenters. The van der Waals surface area contributed by atoms with E-state index in [0.29, 0.717) is 25.4 Å². The highest BCUT2D eigenvalue weighted by molar-refractivity contribution is 5.76. The second-order valence-electron chi connectivity index (χ2n) is 5.07. The minimum Gasteiger partial charge on any atom is -0.356 e. The van der Waals surface area contributed by atoms with Crippen LogP contribution in [-0.2, 0) is 11.3 Å². The van der Waals surface area contributed by atoms with E-state index in [0.717, 1.165) is 30.8 Å². The lowest BCUT2D eigenvalue weighted by atomic mass is 10.0. The Morgan fingerprint density at radius 3 is 2.79 bits per heavy atom. The molecule has 1 amide bonds. The summed E-state index contributed by atoms with van der Waals surface area (Å²) in [5.41, 5.74) is 7.79. The van der Waals surface area contributed by atoms with Gasteiger partial charge in [0.25, 0.3) is 0 Å². The average molecular weight is 266 g/mol. The van der Waals surface area contributed by atoms with E-state index < -0.39 is 0 Å². The van der Waals surface area contributed by atoms with E-state index >= 15 is 0 Å². The number of carbonyl (C=O) groups excluding carboxylic acids is 1. The highest BCUT2D eigenvalue weighted by Crippen LogP contribution is 2.05. The zero-order chi connectivity index (χ0) is 14.3. The molecule has 1 rings (SSSR count). The van der Waals surface area contributed by atoms with Crippen LogP contribution in [-0.4, -0.2) is 28.8 Å². The number of nitrogens with one attached hydrogen (secondary N) is 1. The monoisotopic (exact) mass is 266 g/mol. The Morgan fingerprint density at radius 2 is 2.26 bits per heavy atom. The van der Waals surface area contributed by atoms with Crippen LogP contribution in [0.2, 0.25) is 0 Å². The lowest BCUT2D eigenvalue weighted by Crippen LogP contribution is -2.29. The van der Waals surface area contributed by atoms with E-state index in [1.54, 1.807) is 0 Å². The van der Waals surface area contributed by atoms with Crippen LogP contribution in [0.4, 0.5) is 0 Å². The summed E-state index contributed by atoms with van der Waals surface area (Å²) in [4.78, 5) is 11.7. The molecule has 0 radical (unpaired) electrons. The zero-order valence-corrected chi connectivity index (χ0v) is 12.3. The molecule has 108 valence electrons. The number of aryl methyl sites for hydroxylation is 3. The van der Waals surface area contributed by atoms with E-state index in [1.807, 2.05) is 18.5 Å². The number of hydrogen-bond acceptors (Lipinski definition) is 3. The van der Waals surface area contributed by atoms with Crippen molar-refractivity contribution in [1.82, 2.24) is 15.1 Å². The lowest BCUT2D eigenvalue weighted by Gasteiger charge is -2.12. The maximum Gasteiger partial charge on any atom is 0.220 e. The van der Waals surface area contributed by atoms with Gasteiger partial charge in [-0.25, -0.2) is 0 Å². The van der Waals surface area contributed by atoms with Gasteiger partial charge >= 0.3 is 0 Å². The Bertz CT molecular complexity index is 396. The summed E-state index contributed by atoms with van der Waals surface area (Å²) in [5.74, 6) is 0.404. The molecule has 0 saturated heterocycles. The third-order valence-corrected chi connectivity index (χ3v) is 3.36. The van der Waals surface area contributed by atoms with Gasteiger partial charge in [0, 0.05) is 25.2 Å². The lowest BCUT2D eigenvalue weighted by molar-refractivity contribution is -0.122. The summed E-state index contributed by atoms with van der Waals surface area (Å²) >= 11 is 0. The molecule has 1 aromatic rings. The summed E-state index contributed by atoms with van der Waals surface area (Å²) in [6.07, 6.45) is 2.38. The van der Waals surface area contributed by atoms with Gasteiger partial charge in [0.05, 0.1) is 5.69 Å². The molecule has 5 heteroatoms. The molecule has 1 heterocycles. The molecular weight excluding hydrogens is 240 g/mol. The van der Waals surface area contributed by atoms with Gasteiger partial charge in [0.2, 0.25) is 5.91 Å². The van der Waals surface area contributed by atoms with Gasteiger partial charge in [-0.15, -0.1) is 0 Å². The molecule has 0 aliphatic rings. The molecular formula is C14H26N4O. The summed E-state index contributed by atoms with van der Waals surface area (Å²) in [7, 11) is 0. The van der Waals surface area contributed by atoms with Crippen molar-refractivity contribution in [2.75, 3.05) is 13.1 Å². The molecule has 19 heavy (non-hydrogen) atoms. The van der Waals surface area contributed by atoms with Crippen LogP contribution in [0.25, 0.3) is 0 Å². The van der Waals surface area contributed by atoms with Gasteiger partial charge < -0.3 is 11.1 Å². The Balaban J connectivity index is 2.20. The highest BCUT2D eigenvalue weighted by Gasteiger charge is 2.09. The Hall–Kier alpha value is -1.36. The molecule has 1 unspecified atom stereocenters. The first kappa shape index (κ1) is 15.7. The van der Waals surface area contributed by atoms with Crippen molar-refractivity contribution in [3.63, 3.8) is 0 Å². The molecule has 3 N–H and O–H groups in total. The van der Waals surface area contributed by atoms with Crippen LogP contribution < -0.4 is 11.1 Å². The van der Waals surface area contributed by atoms with Crippen molar-refractivity contribution in [2.24, 2.45) is 11.7 Å². The first-order chi connectivity index (χ1) is 9.06. The van der Waals surface area contributed by atoms with Gasteiger partial charge in [-0.2, -0.15) is 5.10 Å². The third-order valence-electron chi connectivity index (χ3n) is 3.36. The molecule has 0 aliphatic heterocycles. The van der Waals surface area contributed by atoms with Crippen LogP contribution in [0, 0.1) is 19.8 Å². The van der Waals surface area contributed by atoms with Crippen LogP contribution >= 0.6 is 0 Å². The maximum atomic E-state index is 11.7. The zero-order valence-electron chi connectivity index (χ0n) is 12.3. The molecule has 1 aromatic heterocycles. The molecule has 0 fully saturated rings. The fourth-order valence-corrected chi connectivity index (χ4v) is 2.09. The third kappa shape index (κ3) is 5.42. The van der Waals surface area contributed by atoms with Gasteiger partial charge in [-0.3, -0.25) is 9.48 Å². The number of aromatic nitrogens is 2. The van der Waals surface area contributed by atoms with E-state index in [-0.39, 0.29) is 5.91 Å². The summed E-state index contributed by atoms with van der Waals surface area (Å²) in [5, 5.41) is 7.33. The summed E-state index contributed by atoms with van der Waals surface area (Å²) < 4.78 is 1.98. The first-order valence-electron chi connectivity index (χ1n) is 7.04. The molecule has 0 spiro atoms. The SMILES string of the molecule is CCC(CN)CC(=O)NCCCn1nc(C)cc1C. The van der Waals surface area contributed by atoms with Crippen molar-refractivity contribution in [1.29, 1.82) is 0 Å². The van der Waals surface area contributed by atoms with E-state index in [9.17, 15) is 4.79 Å². The van der Waals surface area contributed by atoms with Crippen molar-refractivity contribution >= 4 is 5.91 Å². The number of rotatable bonds is 8. The van der Waals surface area contributed by atoms with Crippen LogP contribution in [0.5, 0.6) is 0 Å². The standard InChI is InChI=1S/C14H26N4O/c1-4-13(10-15)9-14(19)16-6-5-7-18-12(3)8-11(2)17-18/h8,13H,4-7,9-10,15H2,1-3H3,(H,16,19). The highest BCUT2D eigenvalue weighted by atomic mass is 16.1. The smallest absolute Gasteiger partial charge is 0.220 e. The summed E-state index contributed by atoms with van der Waals surface area (Å²) in [6.45, 7) is 8.21. The molecule has 0 aliphatic carbocycles. The summed E-state index contributed by atoms with van der Waals surface area (Å²) in [6, 6.07) is 2.06. The van der Waals surface area contributed by atoms with Crippen molar-refractivity contribution < 1.29 is 4.79 Å². The first-order valence-corrected chi connectivity index (χ1v) is 7.04. The van der Waals surface area contributed by atoms with E-state index in [4.69, 9.17) is 5.73 Å². The van der Waals surface area contributed by atoms with Gasteiger partial charge in [0.1, 0.15) is 0 Å². The molecule has 0 aromatic carbocycles. The van der Waals surface area contributed by atoms with Gasteiger partial charge in [-0.05, 0) is 38.8 Å². The predicted octanol–water partition coefficient (Wildman–Crippen LogP) is 1.38. The second kappa shape index (κ2) is 7.94. The fourth-order valence-electron chi connectivity index (χ4n) is 2.09. The van der Waals surface area contributed by atoms with Crippen LogP contribution in [0.1, 0.15) is 37.6 Å². The minimum absolute atomic E-state index is 0.102. The molecule has 0 saturated carbocycles. The van der Waals surface area contributed by atoms with Crippen LogP contribution in [0.15, 0.2) is 6.07 Å². The molecule has 0 bridgehead atoms. The number of hydrogen-bond donors (Lipinski definition) is 2.